The molecule has 0 radical (unpaired) electrons. The minimum atomic E-state index is 0.0136. The van der Waals surface area contributed by atoms with Crippen molar-refractivity contribution in [3.8, 4) is 5.75 Å². The van der Waals surface area contributed by atoms with Gasteiger partial charge in [-0.15, -0.1) is 0 Å². The van der Waals surface area contributed by atoms with Crippen molar-refractivity contribution < 1.29 is 4.74 Å². The van der Waals surface area contributed by atoms with Gasteiger partial charge in [-0.1, -0.05) is 0 Å². The number of hydrogen-bond acceptors (Lipinski definition) is 5. The van der Waals surface area contributed by atoms with Crippen LogP contribution in [0.3, 0.4) is 0 Å². The highest BCUT2D eigenvalue weighted by Gasteiger charge is 2.21. The fraction of sp³-hybridized carbons (Fsp3) is 0.350. The number of aromatic nitrogens is 3. The Hall–Kier alpha value is -2.41. The average molecular weight is 429 g/mol. The first-order chi connectivity index (χ1) is 13.1. The van der Waals surface area contributed by atoms with E-state index >= 15 is 0 Å². The van der Waals surface area contributed by atoms with Crippen LogP contribution in [0.5, 0.6) is 5.75 Å². The van der Waals surface area contributed by atoms with Crippen LogP contribution in [0.1, 0.15) is 12.8 Å². The molecule has 3 heterocycles. The molecule has 2 aromatic heterocycles. The van der Waals surface area contributed by atoms with Crippen molar-refractivity contribution in [1.82, 2.24) is 14.5 Å². The first kappa shape index (κ1) is 18.0. The molecule has 0 aliphatic carbocycles. The number of ether oxygens (including phenoxy) is 1. The van der Waals surface area contributed by atoms with Crippen LogP contribution in [0, 0.1) is 5.92 Å². The van der Waals surface area contributed by atoms with Crippen LogP contribution in [-0.4, -0.2) is 34.7 Å². The van der Waals surface area contributed by atoms with Gasteiger partial charge in [-0.3, -0.25) is 9.36 Å². The smallest absolute Gasteiger partial charge is 0.261 e. The maximum absolute atomic E-state index is 12.8. The second-order valence-corrected chi connectivity index (χ2v) is 7.77. The molecule has 4 rings (SSSR count). The Kier molecular flexibility index (Phi) is 5.11. The zero-order chi connectivity index (χ0) is 18.8. The van der Waals surface area contributed by atoms with Crippen molar-refractivity contribution in [2.45, 2.75) is 19.4 Å². The summed E-state index contributed by atoms with van der Waals surface area (Å²) in [7, 11) is 1.61. The van der Waals surface area contributed by atoms with Crippen LogP contribution in [0.15, 0.2) is 52.1 Å². The summed E-state index contributed by atoms with van der Waals surface area (Å²) in [4.78, 5) is 24.0. The van der Waals surface area contributed by atoms with E-state index in [0.717, 1.165) is 36.2 Å². The SMILES string of the molecule is COc1ccc2c(=O)n(CC3CCN(c4ccc(Br)cn4)CC3)cnc2c1. The number of fused-ring (bicyclic) bond motifs is 1. The third-order valence-corrected chi connectivity index (χ3v) is 5.61. The van der Waals surface area contributed by atoms with Gasteiger partial charge in [0.15, 0.2) is 0 Å². The van der Waals surface area contributed by atoms with Crippen molar-refractivity contribution in [3.05, 3.63) is 57.7 Å². The van der Waals surface area contributed by atoms with Gasteiger partial charge >= 0.3 is 0 Å². The molecule has 0 saturated carbocycles. The van der Waals surface area contributed by atoms with Crippen LogP contribution < -0.4 is 15.2 Å². The van der Waals surface area contributed by atoms with Crippen molar-refractivity contribution in [3.63, 3.8) is 0 Å². The molecule has 0 atom stereocenters. The molecule has 3 aromatic rings. The third kappa shape index (κ3) is 3.83. The molecule has 1 fully saturated rings. The molecule has 1 saturated heterocycles. The predicted octanol–water partition coefficient (Wildman–Crippen LogP) is 3.48. The third-order valence-electron chi connectivity index (χ3n) is 5.14. The van der Waals surface area contributed by atoms with E-state index in [4.69, 9.17) is 4.74 Å². The van der Waals surface area contributed by atoms with Gasteiger partial charge in [0.2, 0.25) is 0 Å². The number of methoxy groups -OCH3 is 1. The number of benzene rings is 1. The van der Waals surface area contributed by atoms with Gasteiger partial charge in [0.05, 0.1) is 24.3 Å². The molecule has 0 N–H and O–H groups in total. The Bertz CT molecular complexity index is 995. The zero-order valence-corrected chi connectivity index (χ0v) is 16.7. The summed E-state index contributed by atoms with van der Waals surface area (Å²) in [5.41, 5.74) is 0.686. The van der Waals surface area contributed by atoms with Gasteiger partial charge in [0, 0.05) is 36.4 Å². The van der Waals surface area contributed by atoms with E-state index in [1.54, 1.807) is 36.2 Å². The molecule has 0 unspecified atom stereocenters. The molecule has 6 nitrogen and oxygen atoms in total. The molecule has 1 aliphatic rings. The van der Waals surface area contributed by atoms with Gasteiger partial charge in [0.25, 0.3) is 5.56 Å². The van der Waals surface area contributed by atoms with E-state index in [1.165, 1.54) is 0 Å². The Morgan fingerprint density at radius 1 is 1.19 bits per heavy atom. The van der Waals surface area contributed by atoms with Crippen LogP contribution in [0.2, 0.25) is 0 Å². The summed E-state index contributed by atoms with van der Waals surface area (Å²) in [5.74, 6) is 2.18. The summed E-state index contributed by atoms with van der Waals surface area (Å²) in [6.07, 6.45) is 5.55. The van der Waals surface area contributed by atoms with Crippen LogP contribution in [0.4, 0.5) is 5.82 Å². The quantitative estimate of drug-likeness (QED) is 0.636. The van der Waals surface area contributed by atoms with Crippen molar-refractivity contribution >= 4 is 32.7 Å². The first-order valence-corrected chi connectivity index (χ1v) is 9.83. The number of anilines is 1. The lowest BCUT2D eigenvalue weighted by atomic mass is 9.96. The Morgan fingerprint density at radius 3 is 2.70 bits per heavy atom. The largest absolute Gasteiger partial charge is 0.497 e. The van der Waals surface area contributed by atoms with E-state index in [1.807, 2.05) is 18.3 Å². The molecule has 0 amide bonds. The van der Waals surface area contributed by atoms with E-state index in [0.29, 0.717) is 29.1 Å². The first-order valence-electron chi connectivity index (χ1n) is 9.04. The number of rotatable bonds is 4. The molecular weight excluding hydrogens is 408 g/mol. The fourth-order valence-corrected chi connectivity index (χ4v) is 3.81. The van der Waals surface area contributed by atoms with Crippen molar-refractivity contribution in [2.75, 3.05) is 25.1 Å². The summed E-state index contributed by atoms with van der Waals surface area (Å²) >= 11 is 3.42. The van der Waals surface area contributed by atoms with Gasteiger partial charge in [-0.05, 0) is 59.0 Å². The molecule has 7 heteroatoms. The lowest BCUT2D eigenvalue weighted by Crippen LogP contribution is -2.36. The normalized spacial score (nSPS) is 15.3. The molecule has 1 aliphatic heterocycles. The predicted molar refractivity (Wildman–Crippen MR) is 109 cm³/mol. The highest BCUT2D eigenvalue weighted by molar-refractivity contribution is 9.10. The minimum absolute atomic E-state index is 0.0136. The molecule has 140 valence electrons. The maximum Gasteiger partial charge on any atom is 0.261 e. The number of piperidine rings is 1. The monoisotopic (exact) mass is 428 g/mol. The molecule has 0 spiro atoms. The fourth-order valence-electron chi connectivity index (χ4n) is 3.57. The summed E-state index contributed by atoms with van der Waals surface area (Å²) < 4.78 is 7.94. The van der Waals surface area contributed by atoms with Gasteiger partial charge in [0.1, 0.15) is 11.6 Å². The van der Waals surface area contributed by atoms with Gasteiger partial charge < -0.3 is 9.64 Å². The van der Waals surface area contributed by atoms with Gasteiger partial charge in [-0.25, -0.2) is 9.97 Å². The number of nitrogens with zero attached hydrogens (tertiary/aromatic N) is 4. The highest BCUT2D eigenvalue weighted by Crippen LogP contribution is 2.24. The van der Waals surface area contributed by atoms with Crippen LogP contribution in [0.25, 0.3) is 10.9 Å². The topological polar surface area (TPSA) is 60.2 Å². The number of hydrogen-bond donors (Lipinski definition) is 0. The van der Waals surface area contributed by atoms with Gasteiger partial charge in [-0.2, -0.15) is 0 Å². The molecule has 0 bridgehead atoms. The Balaban J connectivity index is 1.45. The minimum Gasteiger partial charge on any atom is -0.497 e. The second-order valence-electron chi connectivity index (χ2n) is 6.85. The Labute approximate surface area is 165 Å². The van der Waals surface area contributed by atoms with E-state index in [2.05, 4.69) is 30.8 Å². The van der Waals surface area contributed by atoms with Crippen molar-refractivity contribution in [1.29, 1.82) is 0 Å². The average Bonchev–Trinajstić information content (AvgIpc) is 2.71. The Morgan fingerprint density at radius 2 is 2.00 bits per heavy atom. The van der Waals surface area contributed by atoms with Crippen LogP contribution >= 0.6 is 15.9 Å². The lowest BCUT2D eigenvalue weighted by molar-refractivity contribution is 0.351. The highest BCUT2D eigenvalue weighted by atomic mass is 79.9. The van der Waals surface area contributed by atoms with E-state index < -0.39 is 0 Å². The lowest BCUT2D eigenvalue weighted by Gasteiger charge is -2.33. The molecule has 27 heavy (non-hydrogen) atoms. The standard InChI is InChI=1S/C20H21BrN4O2/c1-27-16-3-4-17-18(10-16)23-13-25(20(17)26)12-14-6-8-24(9-7-14)19-5-2-15(21)11-22-19/h2-5,10-11,13-14H,6-9,12H2,1H3. The zero-order valence-electron chi connectivity index (χ0n) is 15.1. The van der Waals surface area contributed by atoms with E-state index in [9.17, 15) is 4.79 Å². The number of pyridine rings is 1. The van der Waals surface area contributed by atoms with Crippen LogP contribution in [-0.2, 0) is 6.54 Å². The van der Waals surface area contributed by atoms with E-state index in [-0.39, 0.29) is 5.56 Å². The van der Waals surface area contributed by atoms with Crippen molar-refractivity contribution in [2.24, 2.45) is 5.92 Å². The number of halogens is 1. The summed E-state index contributed by atoms with van der Waals surface area (Å²) in [6.45, 7) is 2.61. The molecule has 1 aromatic carbocycles. The summed E-state index contributed by atoms with van der Waals surface area (Å²) in [6, 6.07) is 9.45. The molecular formula is C20H21BrN4O2. The second kappa shape index (κ2) is 7.68. The maximum atomic E-state index is 12.8. The summed E-state index contributed by atoms with van der Waals surface area (Å²) in [5, 5.41) is 0.634.